The number of pyridine rings is 1. The van der Waals surface area contributed by atoms with Gasteiger partial charge in [0.05, 0.1) is 18.5 Å². The Balaban J connectivity index is 1.39. The Hall–Kier alpha value is -3.27. The third kappa shape index (κ3) is 4.56. The molecular weight excluding hydrogens is 603 g/mol. The lowest BCUT2D eigenvalue weighted by atomic mass is 9.74. The lowest BCUT2D eigenvalue weighted by Crippen LogP contribution is -2.38. The first-order valence-electron chi connectivity index (χ1n) is 17.5. The molecule has 47 heavy (non-hydrogen) atoms. The molecule has 6 aromatic rings. The second kappa shape index (κ2) is 9.67. The minimum atomic E-state index is -1.59. The molecule has 0 N–H and O–H groups in total. The highest BCUT2D eigenvalue weighted by molar-refractivity contribution is 7.26. The number of nitrogens with zero attached hydrogens (tertiary/aromatic N) is 1. The summed E-state index contributed by atoms with van der Waals surface area (Å²) in [5.74, 6) is 0. The molecule has 240 valence electrons. The fraction of sp³-hybridized carbons (Fsp3) is 0.386. The Morgan fingerprint density at radius 2 is 1.26 bits per heavy atom. The van der Waals surface area contributed by atoms with Crippen molar-refractivity contribution in [3.8, 4) is 22.4 Å². The first kappa shape index (κ1) is 31.0. The van der Waals surface area contributed by atoms with Crippen LogP contribution in [0.5, 0.6) is 0 Å². The summed E-state index contributed by atoms with van der Waals surface area (Å²) in [4.78, 5) is 5.07. The zero-order chi connectivity index (χ0) is 33.5. The van der Waals surface area contributed by atoms with E-state index in [0.29, 0.717) is 0 Å². The minimum absolute atomic E-state index is 0.113. The van der Waals surface area contributed by atoms with Gasteiger partial charge in [-0.2, -0.15) is 0 Å². The normalized spacial score (nSPS) is 19.0. The van der Waals surface area contributed by atoms with Gasteiger partial charge in [0, 0.05) is 27.2 Å². The topological polar surface area (TPSA) is 12.9 Å². The van der Waals surface area contributed by atoms with Crippen molar-refractivity contribution in [3.05, 3.63) is 95.2 Å². The number of hydrogen-bond acceptors (Lipinski definition) is 2. The highest BCUT2D eigenvalue weighted by atomic mass is 32.1. The van der Waals surface area contributed by atoms with Gasteiger partial charge in [0.2, 0.25) is 0 Å². The van der Waals surface area contributed by atoms with Crippen LogP contribution in [0.4, 0.5) is 0 Å². The number of benzene rings is 4. The van der Waals surface area contributed by atoms with Gasteiger partial charge in [-0.3, -0.25) is 4.98 Å². The molecule has 2 heterocycles. The summed E-state index contributed by atoms with van der Waals surface area (Å²) in [6.07, 6.45) is 4.38. The van der Waals surface area contributed by atoms with E-state index < -0.39 is 8.07 Å². The lowest BCUT2D eigenvalue weighted by Gasteiger charge is -2.30. The predicted molar refractivity (Wildman–Crippen MR) is 210 cm³/mol. The quantitative estimate of drug-likeness (QED) is 0.174. The standard InChI is InChI=1S/C44H49NSSi/c1-41(2)24-43(5,6)37-32(41)23-33-38(44(7,8)25-42(33,3)4)36(37)27-16-17-30-31-18-19-45-39(40(31)46-34(30)21-27)28-20-26-14-12-13-15-29(26)35(22-28)47(9,10)11/h12-23H,24-25H2,1-11H3. The minimum Gasteiger partial charge on any atom is -0.255 e. The second-order valence-electron chi connectivity index (χ2n) is 18.3. The molecule has 0 aliphatic heterocycles. The van der Waals surface area contributed by atoms with E-state index in [-0.39, 0.29) is 21.7 Å². The van der Waals surface area contributed by atoms with Crippen LogP contribution in [0.15, 0.2) is 72.9 Å². The van der Waals surface area contributed by atoms with Crippen molar-refractivity contribution in [2.45, 2.75) is 110 Å². The molecular formula is C44H49NSSi. The number of rotatable bonds is 3. The molecule has 0 spiro atoms. The van der Waals surface area contributed by atoms with E-state index in [9.17, 15) is 0 Å². The van der Waals surface area contributed by atoms with Crippen molar-refractivity contribution in [2.24, 2.45) is 0 Å². The Labute approximate surface area is 286 Å². The third-order valence-corrected chi connectivity index (χ3v) is 14.7. The molecule has 0 atom stereocenters. The Morgan fingerprint density at radius 1 is 0.617 bits per heavy atom. The largest absolute Gasteiger partial charge is 0.255 e. The zero-order valence-electron chi connectivity index (χ0n) is 30.2. The molecule has 0 fully saturated rings. The highest BCUT2D eigenvalue weighted by Gasteiger charge is 2.50. The van der Waals surface area contributed by atoms with Crippen molar-refractivity contribution in [1.82, 2.24) is 4.98 Å². The molecule has 2 aliphatic carbocycles. The van der Waals surface area contributed by atoms with Crippen LogP contribution in [-0.2, 0) is 21.7 Å². The molecule has 3 heteroatoms. The third-order valence-electron chi connectivity index (χ3n) is 11.5. The van der Waals surface area contributed by atoms with Crippen LogP contribution < -0.4 is 5.19 Å². The SMILES string of the molecule is CC1(C)CC(C)(C)c2c1cc1c(c2-c2ccc3c(c2)sc2c(-c4cc([Si](C)(C)C)c5ccccc5c4)nccc23)C(C)(C)CC1(C)C. The van der Waals surface area contributed by atoms with E-state index in [1.165, 1.54) is 65.7 Å². The fourth-order valence-electron chi connectivity index (χ4n) is 10.2. The predicted octanol–water partition coefficient (Wildman–Crippen LogP) is 12.4. The molecule has 0 saturated heterocycles. The van der Waals surface area contributed by atoms with E-state index in [2.05, 4.69) is 142 Å². The van der Waals surface area contributed by atoms with E-state index in [4.69, 9.17) is 4.98 Å². The molecule has 1 nitrogen and oxygen atoms in total. The maximum absolute atomic E-state index is 5.07. The molecule has 2 aromatic heterocycles. The van der Waals surface area contributed by atoms with Crippen LogP contribution in [-0.4, -0.2) is 13.1 Å². The van der Waals surface area contributed by atoms with Gasteiger partial charge in [-0.25, -0.2) is 0 Å². The molecule has 4 aromatic carbocycles. The average molecular weight is 652 g/mol. The first-order valence-corrected chi connectivity index (χ1v) is 21.8. The van der Waals surface area contributed by atoms with Crippen molar-refractivity contribution in [3.63, 3.8) is 0 Å². The van der Waals surface area contributed by atoms with Gasteiger partial charge in [0.25, 0.3) is 0 Å². The van der Waals surface area contributed by atoms with Gasteiger partial charge < -0.3 is 0 Å². The van der Waals surface area contributed by atoms with Gasteiger partial charge in [-0.15, -0.1) is 11.3 Å². The molecule has 8 rings (SSSR count). The number of fused-ring (bicyclic) bond motifs is 6. The van der Waals surface area contributed by atoms with Crippen LogP contribution in [0.3, 0.4) is 0 Å². The van der Waals surface area contributed by atoms with Gasteiger partial charge in [0.15, 0.2) is 0 Å². The first-order chi connectivity index (χ1) is 21.9. The second-order valence-corrected chi connectivity index (χ2v) is 24.4. The number of hydrogen-bond donors (Lipinski definition) is 0. The summed E-state index contributed by atoms with van der Waals surface area (Å²) >= 11 is 1.93. The lowest BCUT2D eigenvalue weighted by molar-refractivity contribution is 0.396. The van der Waals surface area contributed by atoms with Crippen molar-refractivity contribution < 1.29 is 0 Å². The molecule has 0 saturated carbocycles. The van der Waals surface area contributed by atoms with Crippen LogP contribution in [0, 0.1) is 0 Å². The average Bonchev–Trinajstić information content (AvgIpc) is 3.51. The van der Waals surface area contributed by atoms with Gasteiger partial charge >= 0.3 is 0 Å². The van der Waals surface area contributed by atoms with Gasteiger partial charge in [0.1, 0.15) is 0 Å². The number of aromatic nitrogens is 1. The fourth-order valence-corrected chi connectivity index (χ4v) is 13.0. The molecule has 0 radical (unpaired) electrons. The van der Waals surface area contributed by atoms with Crippen LogP contribution >= 0.6 is 11.3 Å². The van der Waals surface area contributed by atoms with Crippen LogP contribution in [0.1, 0.15) is 90.5 Å². The van der Waals surface area contributed by atoms with Crippen molar-refractivity contribution in [1.29, 1.82) is 0 Å². The van der Waals surface area contributed by atoms with E-state index in [1.54, 1.807) is 22.3 Å². The Bertz CT molecular complexity index is 2240. The smallest absolute Gasteiger partial charge is 0.0880 e. The summed E-state index contributed by atoms with van der Waals surface area (Å²) in [6.45, 7) is 27.2. The zero-order valence-corrected chi connectivity index (χ0v) is 32.0. The molecule has 0 unspecified atom stereocenters. The van der Waals surface area contributed by atoms with E-state index >= 15 is 0 Å². The maximum atomic E-state index is 5.07. The van der Waals surface area contributed by atoms with Crippen molar-refractivity contribution >= 4 is 55.5 Å². The van der Waals surface area contributed by atoms with Crippen molar-refractivity contribution in [2.75, 3.05) is 0 Å². The Morgan fingerprint density at radius 3 is 1.89 bits per heavy atom. The Kier molecular flexibility index (Phi) is 6.38. The van der Waals surface area contributed by atoms with Gasteiger partial charge in [-0.05, 0) is 96.9 Å². The summed E-state index contributed by atoms with van der Waals surface area (Å²) in [7, 11) is -1.59. The molecule has 2 aliphatic rings. The molecule has 0 bridgehead atoms. The summed E-state index contributed by atoms with van der Waals surface area (Å²) < 4.78 is 2.65. The monoisotopic (exact) mass is 651 g/mol. The van der Waals surface area contributed by atoms with Crippen LogP contribution in [0.2, 0.25) is 19.6 Å². The highest BCUT2D eigenvalue weighted by Crippen LogP contribution is 2.61. The van der Waals surface area contributed by atoms with Crippen LogP contribution in [0.25, 0.3) is 53.3 Å². The summed E-state index contributed by atoms with van der Waals surface area (Å²) in [5, 5.41) is 6.87. The maximum Gasteiger partial charge on any atom is 0.0880 e. The van der Waals surface area contributed by atoms with E-state index in [0.717, 1.165) is 5.69 Å². The number of thiophene rings is 1. The summed E-state index contributed by atoms with van der Waals surface area (Å²) in [6, 6.07) is 25.9. The van der Waals surface area contributed by atoms with Gasteiger partial charge in [-0.1, -0.05) is 129 Å². The molecule has 0 amide bonds. The van der Waals surface area contributed by atoms with E-state index in [1.807, 2.05) is 17.5 Å². The summed E-state index contributed by atoms with van der Waals surface area (Å²) in [5.41, 5.74) is 12.1.